The second-order valence-electron chi connectivity index (χ2n) is 6.18. The van der Waals surface area contributed by atoms with Crippen molar-refractivity contribution in [3.8, 4) is 17.2 Å². The van der Waals surface area contributed by atoms with Crippen LogP contribution in [0.4, 0.5) is 0 Å². The van der Waals surface area contributed by atoms with Gasteiger partial charge in [0.2, 0.25) is 0 Å². The summed E-state index contributed by atoms with van der Waals surface area (Å²) in [6.45, 7) is 6.17. The fourth-order valence-corrected chi connectivity index (χ4v) is 2.43. The largest absolute Gasteiger partial charge is 0.497 e. The fraction of sp³-hybridized carbons (Fsp3) is 0.381. The number of aryl methyl sites for hydroxylation is 1. The summed E-state index contributed by atoms with van der Waals surface area (Å²) in [6.07, 6.45) is 0.0613. The molecule has 0 saturated heterocycles. The first-order valence-electron chi connectivity index (χ1n) is 8.83. The number of nitrogens with one attached hydrogen (secondary N) is 1. The molecule has 0 aliphatic heterocycles. The van der Waals surface area contributed by atoms with Crippen LogP contribution < -0.4 is 19.5 Å². The lowest BCUT2D eigenvalue weighted by Gasteiger charge is -2.21. The summed E-state index contributed by atoms with van der Waals surface area (Å²) in [6, 6.07) is 14.9. The van der Waals surface area contributed by atoms with E-state index in [1.807, 2.05) is 69.3 Å². The maximum Gasteiger partial charge on any atom is 0.261 e. The standard InChI is InChI=1S/C21H27NO4/c1-5-19(26-20-9-7-6-8-15(20)2)21(23)22-16(3)14-25-18-12-10-17(24-4)11-13-18/h6-13,16,19H,5,14H2,1-4H3,(H,22,23)/t16-,19-/m1/s1. The SMILES string of the molecule is CC[C@@H](Oc1ccccc1C)C(=O)N[C@H](C)COc1ccc(OC)cc1. The van der Waals surface area contributed by atoms with Crippen molar-refractivity contribution in [3.63, 3.8) is 0 Å². The Morgan fingerprint density at radius 2 is 1.73 bits per heavy atom. The molecule has 0 aliphatic carbocycles. The third-order valence-electron chi connectivity index (χ3n) is 3.97. The lowest BCUT2D eigenvalue weighted by atomic mass is 10.2. The molecule has 26 heavy (non-hydrogen) atoms. The van der Waals surface area contributed by atoms with Crippen LogP contribution in [-0.2, 0) is 4.79 Å². The molecule has 2 aromatic rings. The molecule has 2 aromatic carbocycles. The van der Waals surface area contributed by atoms with Gasteiger partial charge in [-0.1, -0.05) is 25.1 Å². The number of rotatable bonds is 9. The Morgan fingerprint density at radius 3 is 2.35 bits per heavy atom. The van der Waals surface area contributed by atoms with Gasteiger partial charge in [-0.05, 0) is 56.2 Å². The van der Waals surface area contributed by atoms with Crippen molar-refractivity contribution in [1.29, 1.82) is 0 Å². The average molecular weight is 357 g/mol. The highest BCUT2D eigenvalue weighted by molar-refractivity contribution is 5.81. The molecule has 0 fully saturated rings. The van der Waals surface area contributed by atoms with E-state index in [2.05, 4.69) is 5.32 Å². The molecule has 0 heterocycles. The number of methoxy groups -OCH3 is 1. The van der Waals surface area contributed by atoms with Gasteiger partial charge in [-0.25, -0.2) is 0 Å². The Hall–Kier alpha value is -2.69. The van der Waals surface area contributed by atoms with Crippen molar-refractivity contribution in [2.45, 2.75) is 39.3 Å². The van der Waals surface area contributed by atoms with Gasteiger partial charge in [0.1, 0.15) is 23.9 Å². The summed E-state index contributed by atoms with van der Waals surface area (Å²) in [5.74, 6) is 2.10. The molecular weight excluding hydrogens is 330 g/mol. The van der Waals surface area contributed by atoms with Gasteiger partial charge in [0.05, 0.1) is 13.2 Å². The van der Waals surface area contributed by atoms with E-state index in [1.165, 1.54) is 0 Å². The maximum absolute atomic E-state index is 12.5. The van der Waals surface area contributed by atoms with Gasteiger partial charge in [-0.2, -0.15) is 0 Å². The highest BCUT2D eigenvalue weighted by Gasteiger charge is 2.20. The summed E-state index contributed by atoms with van der Waals surface area (Å²) in [5, 5.41) is 2.95. The van der Waals surface area contributed by atoms with E-state index >= 15 is 0 Å². The van der Waals surface area contributed by atoms with Gasteiger partial charge in [0, 0.05) is 0 Å². The summed E-state index contributed by atoms with van der Waals surface area (Å²) >= 11 is 0. The number of amides is 1. The first-order valence-corrected chi connectivity index (χ1v) is 8.83. The van der Waals surface area contributed by atoms with Crippen molar-refractivity contribution >= 4 is 5.91 Å². The van der Waals surface area contributed by atoms with Crippen molar-refractivity contribution in [3.05, 3.63) is 54.1 Å². The minimum absolute atomic E-state index is 0.137. The van der Waals surface area contributed by atoms with Crippen molar-refractivity contribution in [1.82, 2.24) is 5.32 Å². The highest BCUT2D eigenvalue weighted by atomic mass is 16.5. The van der Waals surface area contributed by atoms with Gasteiger partial charge in [-0.15, -0.1) is 0 Å². The predicted molar refractivity (Wildman–Crippen MR) is 102 cm³/mol. The lowest BCUT2D eigenvalue weighted by molar-refractivity contribution is -0.129. The van der Waals surface area contributed by atoms with E-state index in [1.54, 1.807) is 7.11 Å². The van der Waals surface area contributed by atoms with E-state index in [-0.39, 0.29) is 11.9 Å². The van der Waals surface area contributed by atoms with Crippen LogP contribution in [0, 0.1) is 6.92 Å². The number of para-hydroxylation sites is 1. The van der Waals surface area contributed by atoms with E-state index in [0.717, 1.165) is 22.8 Å². The maximum atomic E-state index is 12.5. The Labute approximate surface area is 155 Å². The molecule has 0 spiro atoms. The van der Waals surface area contributed by atoms with Gasteiger partial charge in [-0.3, -0.25) is 4.79 Å². The van der Waals surface area contributed by atoms with Gasteiger partial charge < -0.3 is 19.5 Å². The van der Waals surface area contributed by atoms with Crippen LogP contribution in [0.2, 0.25) is 0 Å². The zero-order valence-corrected chi connectivity index (χ0v) is 15.8. The number of carbonyl (C=O) groups is 1. The molecule has 140 valence electrons. The van der Waals surface area contributed by atoms with E-state index < -0.39 is 6.10 Å². The Morgan fingerprint density at radius 1 is 1.08 bits per heavy atom. The molecule has 1 N–H and O–H groups in total. The van der Waals surface area contributed by atoms with Crippen LogP contribution in [0.5, 0.6) is 17.2 Å². The zero-order chi connectivity index (χ0) is 18.9. The third kappa shape index (κ3) is 5.69. The average Bonchev–Trinajstić information content (AvgIpc) is 2.66. The fourth-order valence-electron chi connectivity index (χ4n) is 2.43. The molecule has 0 aliphatic rings. The summed E-state index contributed by atoms with van der Waals surface area (Å²) < 4.78 is 16.7. The molecule has 5 heteroatoms. The molecule has 2 atom stereocenters. The number of hydrogen-bond donors (Lipinski definition) is 1. The lowest BCUT2D eigenvalue weighted by Crippen LogP contribution is -2.44. The second-order valence-corrected chi connectivity index (χ2v) is 6.18. The summed E-state index contributed by atoms with van der Waals surface area (Å²) in [4.78, 5) is 12.5. The van der Waals surface area contributed by atoms with Crippen molar-refractivity contribution in [2.75, 3.05) is 13.7 Å². The van der Waals surface area contributed by atoms with Crippen molar-refractivity contribution < 1.29 is 19.0 Å². The minimum Gasteiger partial charge on any atom is -0.497 e. The molecule has 2 rings (SSSR count). The van der Waals surface area contributed by atoms with Crippen LogP contribution in [0.3, 0.4) is 0 Å². The topological polar surface area (TPSA) is 56.8 Å². The van der Waals surface area contributed by atoms with Crippen LogP contribution in [0.15, 0.2) is 48.5 Å². The molecule has 0 radical (unpaired) electrons. The van der Waals surface area contributed by atoms with Crippen LogP contribution in [0.1, 0.15) is 25.8 Å². The first-order chi connectivity index (χ1) is 12.5. The molecule has 0 unspecified atom stereocenters. The van der Waals surface area contributed by atoms with Gasteiger partial charge in [0.15, 0.2) is 6.10 Å². The Kier molecular flexibility index (Phi) is 7.33. The summed E-state index contributed by atoms with van der Waals surface area (Å²) in [5.41, 5.74) is 1.01. The van der Waals surface area contributed by atoms with Crippen molar-refractivity contribution in [2.24, 2.45) is 0 Å². The minimum atomic E-state index is -0.528. The molecule has 1 amide bonds. The van der Waals surface area contributed by atoms with Gasteiger partial charge >= 0.3 is 0 Å². The number of hydrogen-bond acceptors (Lipinski definition) is 4. The zero-order valence-electron chi connectivity index (χ0n) is 15.8. The molecule has 0 bridgehead atoms. The Bertz CT molecular complexity index is 699. The quantitative estimate of drug-likeness (QED) is 0.743. The van der Waals surface area contributed by atoms with Crippen LogP contribution in [-0.4, -0.2) is 31.8 Å². The first kappa shape index (κ1) is 19.6. The van der Waals surface area contributed by atoms with Crippen LogP contribution >= 0.6 is 0 Å². The molecule has 5 nitrogen and oxygen atoms in total. The number of benzene rings is 2. The number of carbonyl (C=O) groups excluding carboxylic acids is 1. The van der Waals surface area contributed by atoms with E-state index in [4.69, 9.17) is 14.2 Å². The summed E-state index contributed by atoms with van der Waals surface area (Å²) in [7, 11) is 1.62. The monoisotopic (exact) mass is 357 g/mol. The Balaban J connectivity index is 1.84. The highest BCUT2D eigenvalue weighted by Crippen LogP contribution is 2.19. The normalized spacial score (nSPS) is 12.8. The smallest absolute Gasteiger partial charge is 0.261 e. The third-order valence-corrected chi connectivity index (χ3v) is 3.97. The molecular formula is C21H27NO4. The van der Waals surface area contributed by atoms with E-state index in [0.29, 0.717) is 13.0 Å². The molecule has 0 saturated carbocycles. The van der Waals surface area contributed by atoms with Crippen LogP contribution in [0.25, 0.3) is 0 Å². The molecule has 0 aromatic heterocycles. The number of ether oxygens (including phenoxy) is 3. The predicted octanol–water partition coefficient (Wildman–Crippen LogP) is 3.74. The second kappa shape index (κ2) is 9.70. The van der Waals surface area contributed by atoms with E-state index in [9.17, 15) is 4.79 Å². The van der Waals surface area contributed by atoms with Gasteiger partial charge in [0.25, 0.3) is 5.91 Å².